The summed E-state index contributed by atoms with van der Waals surface area (Å²) >= 11 is 0. The van der Waals surface area contributed by atoms with Crippen molar-refractivity contribution in [1.29, 1.82) is 0 Å². The fraction of sp³-hybridized carbons (Fsp3) is 0.188. The molecule has 2 aromatic heterocycles. The first kappa shape index (κ1) is 14.1. The molecule has 3 rings (SSSR count). The number of rotatable bonds is 3. The third-order valence-electron chi connectivity index (χ3n) is 3.37. The van der Waals surface area contributed by atoms with Gasteiger partial charge in [0.1, 0.15) is 11.3 Å². The quantitative estimate of drug-likeness (QED) is 0.771. The monoisotopic (exact) mass is 294 g/mol. The normalized spacial score (nSPS) is 11.0. The van der Waals surface area contributed by atoms with Gasteiger partial charge in [-0.3, -0.25) is 0 Å². The van der Waals surface area contributed by atoms with Crippen molar-refractivity contribution in [3.63, 3.8) is 0 Å². The second kappa shape index (κ2) is 5.48. The standard InChI is InChI=1S/C16H18N6/c1-10(2)22(11-6-4-3-5-7-11)13-9-8-12-14(20-13)15(17)21-16(18)19-12/h3-10H,1-2H3,(H4,17,18,19,21). The first-order valence-corrected chi connectivity index (χ1v) is 7.10. The van der Waals surface area contributed by atoms with Gasteiger partial charge in [-0.1, -0.05) is 18.2 Å². The molecule has 0 spiro atoms. The van der Waals surface area contributed by atoms with Crippen LogP contribution in [0.25, 0.3) is 11.0 Å². The Labute approximate surface area is 128 Å². The number of fused-ring (bicyclic) bond motifs is 1. The molecule has 0 bridgehead atoms. The van der Waals surface area contributed by atoms with Gasteiger partial charge in [-0.2, -0.15) is 4.98 Å². The largest absolute Gasteiger partial charge is 0.382 e. The average Bonchev–Trinajstić information content (AvgIpc) is 2.48. The van der Waals surface area contributed by atoms with Gasteiger partial charge in [-0.25, -0.2) is 9.97 Å². The number of benzene rings is 1. The minimum Gasteiger partial charge on any atom is -0.382 e. The van der Waals surface area contributed by atoms with Crippen molar-refractivity contribution in [3.8, 4) is 0 Å². The van der Waals surface area contributed by atoms with E-state index in [0.717, 1.165) is 11.5 Å². The average molecular weight is 294 g/mol. The Hall–Kier alpha value is -2.89. The molecule has 112 valence electrons. The summed E-state index contributed by atoms with van der Waals surface area (Å²) in [6.45, 7) is 4.23. The number of aromatic nitrogens is 3. The number of pyridine rings is 1. The van der Waals surface area contributed by atoms with E-state index in [1.54, 1.807) is 0 Å². The van der Waals surface area contributed by atoms with E-state index in [1.165, 1.54) is 0 Å². The summed E-state index contributed by atoms with van der Waals surface area (Å²) < 4.78 is 0. The lowest BCUT2D eigenvalue weighted by Gasteiger charge is -2.28. The molecule has 0 fully saturated rings. The Morgan fingerprint density at radius 3 is 2.32 bits per heavy atom. The molecular formula is C16H18N6. The van der Waals surface area contributed by atoms with Crippen molar-refractivity contribution < 1.29 is 0 Å². The Morgan fingerprint density at radius 2 is 1.64 bits per heavy atom. The molecule has 0 aliphatic rings. The minimum absolute atomic E-state index is 0.156. The molecule has 0 amide bonds. The van der Waals surface area contributed by atoms with E-state index in [9.17, 15) is 0 Å². The summed E-state index contributed by atoms with van der Waals surface area (Å²) in [5.74, 6) is 1.25. The first-order valence-electron chi connectivity index (χ1n) is 7.10. The third kappa shape index (κ3) is 2.50. The van der Waals surface area contributed by atoms with Gasteiger partial charge in [0.05, 0.1) is 5.52 Å². The highest BCUT2D eigenvalue weighted by Crippen LogP contribution is 2.28. The van der Waals surface area contributed by atoms with Crippen LogP contribution in [-0.2, 0) is 0 Å². The van der Waals surface area contributed by atoms with Crippen molar-refractivity contribution >= 4 is 34.3 Å². The predicted octanol–water partition coefficient (Wildman–Crippen LogP) is 2.74. The summed E-state index contributed by atoms with van der Waals surface area (Å²) in [6, 6.07) is 14.1. The highest BCUT2D eigenvalue weighted by Gasteiger charge is 2.16. The Morgan fingerprint density at radius 1 is 0.909 bits per heavy atom. The van der Waals surface area contributed by atoms with Crippen molar-refractivity contribution in [2.75, 3.05) is 16.4 Å². The van der Waals surface area contributed by atoms with Crippen LogP contribution in [0.3, 0.4) is 0 Å². The summed E-state index contributed by atoms with van der Waals surface area (Å²) in [5, 5.41) is 0. The topological polar surface area (TPSA) is 94.0 Å². The fourth-order valence-corrected chi connectivity index (χ4v) is 2.46. The zero-order valence-corrected chi connectivity index (χ0v) is 12.6. The molecule has 0 aliphatic carbocycles. The molecule has 1 aromatic carbocycles. The Bertz CT molecular complexity index is 800. The van der Waals surface area contributed by atoms with E-state index in [0.29, 0.717) is 16.9 Å². The number of para-hydroxylation sites is 1. The second-order valence-corrected chi connectivity index (χ2v) is 5.30. The summed E-state index contributed by atoms with van der Waals surface area (Å²) in [6.07, 6.45) is 0. The molecule has 0 unspecified atom stereocenters. The number of nitrogens with two attached hydrogens (primary N) is 2. The molecule has 0 atom stereocenters. The molecule has 6 nitrogen and oxygen atoms in total. The number of anilines is 4. The van der Waals surface area contributed by atoms with Gasteiger partial charge in [-0.15, -0.1) is 0 Å². The van der Waals surface area contributed by atoms with Crippen LogP contribution in [0.15, 0.2) is 42.5 Å². The van der Waals surface area contributed by atoms with Gasteiger partial charge in [-0.05, 0) is 38.1 Å². The molecule has 0 aliphatic heterocycles. The molecule has 6 heteroatoms. The van der Waals surface area contributed by atoms with Crippen molar-refractivity contribution in [2.24, 2.45) is 0 Å². The van der Waals surface area contributed by atoms with Crippen LogP contribution in [0.5, 0.6) is 0 Å². The number of hydrogen-bond donors (Lipinski definition) is 2. The van der Waals surface area contributed by atoms with Crippen LogP contribution in [-0.4, -0.2) is 21.0 Å². The lowest BCUT2D eigenvalue weighted by atomic mass is 10.2. The van der Waals surface area contributed by atoms with E-state index >= 15 is 0 Å². The van der Waals surface area contributed by atoms with E-state index < -0.39 is 0 Å². The van der Waals surface area contributed by atoms with Crippen LogP contribution in [0, 0.1) is 0 Å². The zero-order valence-electron chi connectivity index (χ0n) is 12.6. The van der Waals surface area contributed by atoms with Crippen molar-refractivity contribution in [3.05, 3.63) is 42.5 Å². The number of nitrogens with zero attached hydrogens (tertiary/aromatic N) is 4. The van der Waals surface area contributed by atoms with Crippen LogP contribution >= 0.6 is 0 Å². The number of nitrogen functional groups attached to an aromatic ring is 2. The molecule has 22 heavy (non-hydrogen) atoms. The van der Waals surface area contributed by atoms with Crippen molar-refractivity contribution in [2.45, 2.75) is 19.9 Å². The van der Waals surface area contributed by atoms with Gasteiger partial charge in [0.15, 0.2) is 5.82 Å². The van der Waals surface area contributed by atoms with Gasteiger partial charge in [0.25, 0.3) is 0 Å². The SMILES string of the molecule is CC(C)N(c1ccccc1)c1ccc2nc(N)nc(N)c2n1. The van der Waals surface area contributed by atoms with Gasteiger partial charge < -0.3 is 16.4 Å². The van der Waals surface area contributed by atoms with Crippen LogP contribution in [0.1, 0.15) is 13.8 Å². The summed E-state index contributed by atoms with van der Waals surface area (Å²) in [5.41, 5.74) is 13.8. The highest BCUT2D eigenvalue weighted by atomic mass is 15.2. The highest BCUT2D eigenvalue weighted by molar-refractivity contribution is 5.86. The maximum atomic E-state index is 5.93. The molecule has 4 N–H and O–H groups in total. The molecular weight excluding hydrogens is 276 g/mol. The van der Waals surface area contributed by atoms with Crippen LogP contribution in [0.4, 0.5) is 23.3 Å². The van der Waals surface area contributed by atoms with E-state index in [2.05, 4.69) is 45.8 Å². The van der Waals surface area contributed by atoms with Crippen LogP contribution in [0.2, 0.25) is 0 Å². The van der Waals surface area contributed by atoms with Gasteiger partial charge in [0, 0.05) is 11.7 Å². The zero-order chi connectivity index (χ0) is 15.7. The molecule has 2 heterocycles. The third-order valence-corrected chi connectivity index (χ3v) is 3.37. The Kier molecular flexibility index (Phi) is 3.50. The van der Waals surface area contributed by atoms with Crippen molar-refractivity contribution in [1.82, 2.24) is 15.0 Å². The maximum absolute atomic E-state index is 5.93. The molecule has 3 aromatic rings. The van der Waals surface area contributed by atoms with E-state index in [1.807, 2.05) is 30.3 Å². The lowest BCUT2D eigenvalue weighted by Crippen LogP contribution is -2.26. The summed E-state index contributed by atoms with van der Waals surface area (Å²) in [7, 11) is 0. The molecule has 0 saturated carbocycles. The van der Waals surface area contributed by atoms with E-state index in [-0.39, 0.29) is 12.0 Å². The predicted molar refractivity (Wildman–Crippen MR) is 89.9 cm³/mol. The fourth-order valence-electron chi connectivity index (χ4n) is 2.46. The first-order chi connectivity index (χ1) is 10.6. The summed E-state index contributed by atoms with van der Waals surface area (Å²) in [4.78, 5) is 14.9. The minimum atomic E-state index is 0.156. The van der Waals surface area contributed by atoms with Crippen LogP contribution < -0.4 is 16.4 Å². The van der Waals surface area contributed by atoms with Gasteiger partial charge >= 0.3 is 0 Å². The lowest BCUT2D eigenvalue weighted by molar-refractivity contribution is 0.779. The second-order valence-electron chi connectivity index (χ2n) is 5.30. The molecule has 0 saturated heterocycles. The van der Waals surface area contributed by atoms with Gasteiger partial charge in [0.2, 0.25) is 5.95 Å². The number of hydrogen-bond acceptors (Lipinski definition) is 6. The Balaban J connectivity index is 2.15. The molecule has 0 radical (unpaired) electrons. The van der Waals surface area contributed by atoms with E-state index in [4.69, 9.17) is 11.5 Å². The smallest absolute Gasteiger partial charge is 0.222 e. The maximum Gasteiger partial charge on any atom is 0.222 e.